The molecule has 1 atom stereocenters. The van der Waals surface area contributed by atoms with E-state index in [2.05, 4.69) is 24.3 Å². The zero-order valence-electron chi connectivity index (χ0n) is 16.3. The van der Waals surface area contributed by atoms with Gasteiger partial charge in [-0.3, -0.25) is 9.78 Å². The van der Waals surface area contributed by atoms with E-state index in [1.807, 2.05) is 48.2 Å². The summed E-state index contributed by atoms with van der Waals surface area (Å²) in [5.74, 6) is 0.729. The lowest BCUT2D eigenvalue weighted by Gasteiger charge is -2.25. The van der Waals surface area contributed by atoms with Crippen LogP contribution in [0.4, 0.5) is 0 Å². The van der Waals surface area contributed by atoms with Gasteiger partial charge in [-0.1, -0.05) is 36.4 Å². The number of hydrogen-bond donors (Lipinski definition) is 0. The van der Waals surface area contributed by atoms with Crippen LogP contribution in [0.25, 0.3) is 11.1 Å². The van der Waals surface area contributed by atoms with E-state index in [9.17, 15) is 4.79 Å². The van der Waals surface area contributed by atoms with E-state index in [1.54, 1.807) is 13.2 Å². The van der Waals surface area contributed by atoms with Crippen LogP contribution in [0, 0.1) is 6.92 Å². The summed E-state index contributed by atoms with van der Waals surface area (Å²) in [7, 11) is 1.62. The summed E-state index contributed by atoms with van der Waals surface area (Å²) >= 11 is 0. The summed E-state index contributed by atoms with van der Waals surface area (Å²) in [4.78, 5) is 19.9. The number of hydrogen-bond acceptors (Lipinski definition) is 3. The summed E-state index contributed by atoms with van der Waals surface area (Å²) in [5, 5.41) is 0. The fraction of sp³-hybridized carbons (Fsp3) is 0.250. The molecular weight excluding hydrogens is 348 g/mol. The van der Waals surface area contributed by atoms with E-state index < -0.39 is 0 Å². The maximum Gasteiger partial charge on any atom is 0.254 e. The SMILES string of the molecule is COc1cccc(C(=O)N2CCCC2c2cc(-c3ccccc3)cc(C)n2)c1. The molecule has 4 nitrogen and oxygen atoms in total. The van der Waals surface area contributed by atoms with Crippen molar-refractivity contribution in [3.05, 3.63) is 83.7 Å². The lowest BCUT2D eigenvalue weighted by molar-refractivity contribution is 0.0732. The number of ether oxygens (including phenoxy) is 1. The summed E-state index contributed by atoms with van der Waals surface area (Å²) in [6, 6.07) is 21.9. The Morgan fingerprint density at radius 1 is 1.04 bits per heavy atom. The molecule has 4 rings (SSSR count). The van der Waals surface area contributed by atoms with Crippen molar-refractivity contribution in [3.63, 3.8) is 0 Å². The Morgan fingerprint density at radius 3 is 2.64 bits per heavy atom. The van der Waals surface area contributed by atoms with Crippen LogP contribution >= 0.6 is 0 Å². The molecule has 0 radical (unpaired) electrons. The number of carbonyl (C=O) groups is 1. The lowest BCUT2D eigenvalue weighted by Crippen LogP contribution is -2.31. The molecular formula is C24H24N2O2. The van der Waals surface area contributed by atoms with Crippen molar-refractivity contribution in [2.75, 3.05) is 13.7 Å². The van der Waals surface area contributed by atoms with Crippen molar-refractivity contribution >= 4 is 5.91 Å². The Morgan fingerprint density at radius 2 is 1.86 bits per heavy atom. The van der Waals surface area contributed by atoms with Gasteiger partial charge in [-0.15, -0.1) is 0 Å². The second-order valence-corrected chi connectivity index (χ2v) is 7.18. The summed E-state index contributed by atoms with van der Waals surface area (Å²) < 4.78 is 5.28. The average molecular weight is 372 g/mol. The minimum absolute atomic E-state index is 0.000985. The third-order valence-corrected chi connectivity index (χ3v) is 5.25. The van der Waals surface area contributed by atoms with Crippen molar-refractivity contribution in [3.8, 4) is 16.9 Å². The standard InChI is InChI=1S/C24H24N2O2/c1-17-14-20(18-8-4-3-5-9-18)16-22(25-17)23-12-7-13-26(23)24(27)19-10-6-11-21(15-19)28-2/h3-6,8-11,14-16,23H,7,12-13H2,1-2H3. The second-order valence-electron chi connectivity index (χ2n) is 7.18. The summed E-state index contributed by atoms with van der Waals surface area (Å²) in [6.07, 6.45) is 1.91. The van der Waals surface area contributed by atoms with Crippen LogP contribution in [-0.2, 0) is 0 Å². The highest BCUT2D eigenvalue weighted by Gasteiger charge is 2.32. The first-order chi connectivity index (χ1) is 13.7. The van der Waals surface area contributed by atoms with Gasteiger partial charge in [0.15, 0.2) is 0 Å². The number of rotatable bonds is 4. The van der Waals surface area contributed by atoms with Gasteiger partial charge in [-0.25, -0.2) is 0 Å². The third kappa shape index (κ3) is 3.63. The van der Waals surface area contributed by atoms with Crippen LogP contribution in [0.5, 0.6) is 5.75 Å². The van der Waals surface area contributed by atoms with Crippen molar-refractivity contribution in [1.29, 1.82) is 0 Å². The van der Waals surface area contributed by atoms with Crippen LogP contribution < -0.4 is 4.74 Å². The molecule has 0 spiro atoms. The Labute approximate surface area is 165 Å². The molecule has 142 valence electrons. The van der Waals surface area contributed by atoms with Gasteiger partial charge >= 0.3 is 0 Å². The molecule has 4 heteroatoms. The third-order valence-electron chi connectivity index (χ3n) is 5.25. The minimum atomic E-state index is 0.000985. The van der Waals surface area contributed by atoms with Crippen molar-refractivity contribution in [1.82, 2.24) is 9.88 Å². The molecule has 2 aromatic carbocycles. The van der Waals surface area contributed by atoms with Gasteiger partial charge in [0.2, 0.25) is 0 Å². The molecule has 0 N–H and O–H groups in total. The van der Waals surface area contributed by atoms with Crippen LogP contribution in [0.15, 0.2) is 66.7 Å². The highest BCUT2D eigenvalue weighted by atomic mass is 16.5. The van der Waals surface area contributed by atoms with Crippen LogP contribution in [0.3, 0.4) is 0 Å². The molecule has 1 aliphatic rings. The normalized spacial score (nSPS) is 16.2. The van der Waals surface area contributed by atoms with E-state index >= 15 is 0 Å². The highest BCUT2D eigenvalue weighted by Crippen LogP contribution is 2.34. The Kier molecular flexibility index (Phi) is 5.11. The van der Waals surface area contributed by atoms with Gasteiger partial charge in [0.25, 0.3) is 5.91 Å². The smallest absolute Gasteiger partial charge is 0.254 e. The summed E-state index contributed by atoms with van der Waals surface area (Å²) in [5.41, 5.74) is 4.90. The highest BCUT2D eigenvalue weighted by molar-refractivity contribution is 5.95. The first-order valence-electron chi connectivity index (χ1n) is 9.65. The second kappa shape index (κ2) is 7.85. The Balaban J connectivity index is 1.66. The molecule has 1 aromatic heterocycles. The molecule has 1 aliphatic heterocycles. The number of methoxy groups -OCH3 is 1. The predicted octanol–water partition coefficient (Wildman–Crippen LogP) is 5.04. The number of pyridine rings is 1. The van der Waals surface area contributed by atoms with Gasteiger partial charge in [0.1, 0.15) is 5.75 Å². The number of amides is 1. The van der Waals surface area contributed by atoms with E-state index in [1.165, 1.54) is 0 Å². The number of likely N-dealkylation sites (tertiary alicyclic amines) is 1. The van der Waals surface area contributed by atoms with E-state index in [4.69, 9.17) is 9.72 Å². The quantitative estimate of drug-likeness (QED) is 0.644. The molecule has 0 aliphatic carbocycles. The lowest BCUT2D eigenvalue weighted by atomic mass is 10.0. The fourth-order valence-corrected chi connectivity index (χ4v) is 3.90. The fourth-order valence-electron chi connectivity index (χ4n) is 3.90. The monoisotopic (exact) mass is 372 g/mol. The average Bonchev–Trinajstić information content (AvgIpc) is 3.23. The Hall–Kier alpha value is -3.14. The molecule has 28 heavy (non-hydrogen) atoms. The van der Waals surface area contributed by atoms with Crippen molar-refractivity contribution in [2.24, 2.45) is 0 Å². The first kappa shape index (κ1) is 18.2. The topological polar surface area (TPSA) is 42.4 Å². The number of aromatic nitrogens is 1. The molecule has 0 bridgehead atoms. The van der Waals surface area contributed by atoms with E-state index in [-0.39, 0.29) is 11.9 Å². The molecule has 1 saturated heterocycles. The number of aryl methyl sites for hydroxylation is 1. The summed E-state index contributed by atoms with van der Waals surface area (Å²) in [6.45, 7) is 2.76. The molecule has 0 saturated carbocycles. The zero-order valence-corrected chi connectivity index (χ0v) is 16.3. The van der Waals surface area contributed by atoms with Gasteiger partial charge in [0, 0.05) is 17.8 Å². The maximum absolute atomic E-state index is 13.2. The van der Waals surface area contributed by atoms with Crippen molar-refractivity contribution in [2.45, 2.75) is 25.8 Å². The number of carbonyl (C=O) groups excluding carboxylic acids is 1. The Bertz CT molecular complexity index is 985. The van der Waals surface area contributed by atoms with E-state index in [0.717, 1.165) is 41.9 Å². The number of benzene rings is 2. The van der Waals surface area contributed by atoms with Gasteiger partial charge in [-0.2, -0.15) is 0 Å². The zero-order chi connectivity index (χ0) is 19.5. The van der Waals surface area contributed by atoms with Crippen LogP contribution in [0.2, 0.25) is 0 Å². The van der Waals surface area contributed by atoms with Gasteiger partial charge in [-0.05, 0) is 61.2 Å². The van der Waals surface area contributed by atoms with Crippen LogP contribution in [0.1, 0.15) is 40.6 Å². The number of nitrogens with zero attached hydrogens (tertiary/aromatic N) is 2. The molecule has 3 aromatic rings. The van der Waals surface area contributed by atoms with Crippen molar-refractivity contribution < 1.29 is 9.53 Å². The molecule has 2 heterocycles. The first-order valence-corrected chi connectivity index (χ1v) is 9.65. The maximum atomic E-state index is 13.2. The van der Waals surface area contributed by atoms with E-state index in [0.29, 0.717) is 11.3 Å². The molecule has 1 amide bonds. The minimum Gasteiger partial charge on any atom is -0.497 e. The molecule has 1 unspecified atom stereocenters. The largest absolute Gasteiger partial charge is 0.497 e. The predicted molar refractivity (Wildman–Crippen MR) is 110 cm³/mol. The molecule has 1 fully saturated rings. The van der Waals surface area contributed by atoms with Crippen LogP contribution in [-0.4, -0.2) is 29.4 Å². The van der Waals surface area contributed by atoms with Gasteiger partial charge < -0.3 is 9.64 Å². The van der Waals surface area contributed by atoms with Gasteiger partial charge in [0.05, 0.1) is 18.8 Å².